The summed E-state index contributed by atoms with van der Waals surface area (Å²) in [6, 6.07) is 12.7. The Morgan fingerprint density at radius 1 is 1.03 bits per heavy atom. The summed E-state index contributed by atoms with van der Waals surface area (Å²) in [5, 5.41) is 10.9. The summed E-state index contributed by atoms with van der Waals surface area (Å²) in [4.78, 5) is 26.9. The second-order valence-corrected chi connectivity index (χ2v) is 7.28. The normalized spacial score (nSPS) is 18.4. The number of anilines is 1. The van der Waals surface area contributed by atoms with Crippen molar-refractivity contribution in [3.8, 4) is 0 Å². The van der Waals surface area contributed by atoms with Crippen LogP contribution in [-0.4, -0.2) is 16.8 Å². The number of amides is 1. The number of aliphatic hydroxyl groups excluding tert-OH is 1. The Labute approximate surface area is 181 Å². The van der Waals surface area contributed by atoms with Crippen molar-refractivity contribution in [2.45, 2.75) is 25.6 Å². The minimum Gasteiger partial charge on any atom is -0.507 e. The molecule has 0 spiro atoms. The van der Waals surface area contributed by atoms with Gasteiger partial charge >= 0.3 is 6.18 Å². The van der Waals surface area contributed by atoms with Gasteiger partial charge in [0.1, 0.15) is 17.6 Å². The summed E-state index contributed by atoms with van der Waals surface area (Å²) in [7, 11) is 0. The minimum absolute atomic E-state index is 0.0712. The fourth-order valence-corrected chi connectivity index (χ4v) is 3.68. The summed E-state index contributed by atoms with van der Waals surface area (Å²) < 4.78 is 44.3. The van der Waals surface area contributed by atoms with E-state index in [2.05, 4.69) is 0 Å². The number of alkyl halides is 3. The molecule has 32 heavy (non-hydrogen) atoms. The topological polar surface area (TPSA) is 70.8 Å². The summed E-state index contributed by atoms with van der Waals surface area (Å²) in [5.74, 6) is -2.13. The zero-order valence-corrected chi connectivity index (χ0v) is 16.9. The predicted molar refractivity (Wildman–Crippen MR) is 111 cm³/mol. The number of carbonyl (C=O) groups excluding carboxylic acids is 2. The molecule has 1 unspecified atom stereocenters. The van der Waals surface area contributed by atoms with Crippen molar-refractivity contribution in [1.82, 2.24) is 0 Å². The molecular formula is C24H18F3NO4. The number of benzene rings is 2. The number of aryl methyl sites for hydroxylation is 1. The van der Waals surface area contributed by atoms with Crippen LogP contribution in [0.15, 0.2) is 76.9 Å². The first-order valence-corrected chi connectivity index (χ1v) is 9.83. The van der Waals surface area contributed by atoms with Gasteiger partial charge in [-0.25, -0.2) is 0 Å². The van der Waals surface area contributed by atoms with Gasteiger partial charge in [-0.2, -0.15) is 13.2 Å². The highest BCUT2D eigenvalue weighted by Crippen LogP contribution is 2.43. The van der Waals surface area contributed by atoms with Gasteiger partial charge in [-0.05, 0) is 48.4 Å². The third kappa shape index (κ3) is 3.68. The van der Waals surface area contributed by atoms with Gasteiger partial charge in [-0.15, -0.1) is 0 Å². The van der Waals surface area contributed by atoms with E-state index in [-0.39, 0.29) is 22.8 Å². The van der Waals surface area contributed by atoms with Crippen molar-refractivity contribution in [2.24, 2.45) is 0 Å². The molecule has 0 aliphatic carbocycles. The number of rotatable bonds is 4. The fourth-order valence-electron chi connectivity index (χ4n) is 3.68. The van der Waals surface area contributed by atoms with Crippen LogP contribution in [0, 0.1) is 0 Å². The van der Waals surface area contributed by atoms with Crippen LogP contribution in [0.3, 0.4) is 0 Å². The maximum absolute atomic E-state index is 13.0. The number of nitrogens with zero attached hydrogens (tertiary/aromatic N) is 1. The van der Waals surface area contributed by atoms with E-state index in [1.807, 2.05) is 6.92 Å². The zero-order valence-electron chi connectivity index (χ0n) is 16.9. The molecule has 0 saturated carbocycles. The molecule has 0 radical (unpaired) electrons. The third-order valence-corrected chi connectivity index (χ3v) is 5.37. The Morgan fingerprint density at radius 2 is 1.69 bits per heavy atom. The summed E-state index contributed by atoms with van der Waals surface area (Å²) in [5.41, 5.74) is 0.345. The maximum Gasteiger partial charge on any atom is 0.416 e. The highest BCUT2D eigenvalue weighted by Gasteiger charge is 2.48. The molecule has 1 atom stereocenters. The van der Waals surface area contributed by atoms with Gasteiger partial charge in [0.2, 0.25) is 0 Å². The summed E-state index contributed by atoms with van der Waals surface area (Å²) in [6.45, 7) is 1.97. The van der Waals surface area contributed by atoms with Crippen molar-refractivity contribution in [3.05, 3.63) is 95.0 Å². The van der Waals surface area contributed by atoms with Crippen molar-refractivity contribution in [2.75, 3.05) is 4.90 Å². The Balaban J connectivity index is 1.84. The third-order valence-electron chi connectivity index (χ3n) is 5.37. The first kappa shape index (κ1) is 21.4. The molecule has 3 aromatic rings. The van der Waals surface area contributed by atoms with Gasteiger partial charge in [0.05, 0.1) is 17.4 Å². The Morgan fingerprint density at radius 3 is 2.22 bits per heavy atom. The minimum atomic E-state index is -4.54. The summed E-state index contributed by atoms with van der Waals surface area (Å²) in [6.07, 6.45) is -2.41. The first-order valence-electron chi connectivity index (χ1n) is 9.83. The molecule has 8 heteroatoms. The predicted octanol–water partition coefficient (Wildman–Crippen LogP) is 5.49. The van der Waals surface area contributed by atoms with Gasteiger partial charge in [0.15, 0.2) is 0 Å². The SMILES string of the molecule is CCc1ccc(/C(O)=C2/C(=O)C(=O)N(c3ccc(C(F)(F)F)cc3)C2c2ccco2)cc1. The molecule has 1 fully saturated rings. The van der Waals surface area contributed by atoms with Crippen LogP contribution in [-0.2, 0) is 22.2 Å². The number of Topliss-reactive ketones (excluding diaryl/α,β-unsaturated/α-hetero) is 1. The molecular weight excluding hydrogens is 423 g/mol. The number of halogens is 3. The molecule has 1 saturated heterocycles. The lowest BCUT2D eigenvalue weighted by Crippen LogP contribution is -2.29. The van der Waals surface area contributed by atoms with Gasteiger partial charge < -0.3 is 9.52 Å². The van der Waals surface area contributed by atoms with Crippen LogP contribution in [0.5, 0.6) is 0 Å². The molecule has 1 aromatic heterocycles. The van der Waals surface area contributed by atoms with Crippen molar-refractivity contribution in [3.63, 3.8) is 0 Å². The van der Waals surface area contributed by atoms with Crippen LogP contribution in [0.1, 0.15) is 35.4 Å². The van der Waals surface area contributed by atoms with E-state index in [1.165, 1.54) is 12.3 Å². The Hall–Kier alpha value is -3.81. The van der Waals surface area contributed by atoms with Crippen molar-refractivity contribution < 1.29 is 32.3 Å². The number of ketones is 1. The lowest BCUT2D eigenvalue weighted by Gasteiger charge is -2.23. The van der Waals surface area contributed by atoms with E-state index in [1.54, 1.807) is 30.3 Å². The smallest absolute Gasteiger partial charge is 0.416 e. The van der Waals surface area contributed by atoms with E-state index in [4.69, 9.17) is 4.42 Å². The molecule has 1 aliphatic heterocycles. The van der Waals surface area contributed by atoms with E-state index in [0.29, 0.717) is 5.56 Å². The monoisotopic (exact) mass is 441 g/mol. The molecule has 1 amide bonds. The van der Waals surface area contributed by atoms with E-state index in [9.17, 15) is 27.9 Å². The Kier molecular flexibility index (Phi) is 5.38. The molecule has 0 bridgehead atoms. The number of carbonyl (C=O) groups is 2. The van der Waals surface area contributed by atoms with E-state index >= 15 is 0 Å². The second kappa shape index (κ2) is 8.03. The standard InChI is InChI=1S/C24H18F3NO4/c1-2-14-5-7-15(8-6-14)21(29)19-20(18-4-3-13-32-18)28(23(31)22(19)30)17-11-9-16(10-12-17)24(25,26)27/h3-13,20,29H,2H2,1H3/b21-19-. The highest BCUT2D eigenvalue weighted by molar-refractivity contribution is 6.51. The lowest BCUT2D eigenvalue weighted by atomic mass is 9.98. The van der Waals surface area contributed by atoms with Crippen molar-refractivity contribution in [1.29, 1.82) is 0 Å². The van der Waals surface area contributed by atoms with Crippen LogP contribution >= 0.6 is 0 Å². The molecule has 4 rings (SSSR count). The summed E-state index contributed by atoms with van der Waals surface area (Å²) >= 11 is 0. The van der Waals surface area contributed by atoms with Crippen molar-refractivity contribution >= 4 is 23.1 Å². The molecule has 5 nitrogen and oxygen atoms in total. The number of hydrogen-bond donors (Lipinski definition) is 1. The number of hydrogen-bond acceptors (Lipinski definition) is 4. The van der Waals surface area contributed by atoms with Gasteiger partial charge in [-0.1, -0.05) is 31.2 Å². The average molecular weight is 441 g/mol. The molecule has 1 aliphatic rings. The van der Waals surface area contributed by atoms with Crippen LogP contribution in [0.4, 0.5) is 18.9 Å². The van der Waals surface area contributed by atoms with Gasteiger partial charge in [-0.3, -0.25) is 14.5 Å². The zero-order chi connectivity index (χ0) is 23.0. The largest absolute Gasteiger partial charge is 0.507 e. The molecule has 1 N–H and O–H groups in total. The molecule has 2 heterocycles. The van der Waals surface area contributed by atoms with Crippen LogP contribution in [0.2, 0.25) is 0 Å². The number of furan rings is 1. The average Bonchev–Trinajstić information content (AvgIpc) is 3.40. The van der Waals surface area contributed by atoms with Gasteiger partial charge in [0.25, 0.3) is 11.7 Å². The number of aliphatic hydroxyl groups is 1. The molecule has 2 aromatic carbocycles. The van der Waals surface area contributed by atoms with Crippen LogP contribution < -0.4 is 4.90 Å². The molecule has 164 valence electrons. The Bertz CT molecular complexity index is 1180. The quantitative estimate of drug-likeness (QED) is 0.330. The van der Waals surface area contributed by atoms with E-state index in [0.717, 1.165) is 41.1 Å². The fraction of sp³-hybridized carbons (Fsp3) is 0.167. The maximum atomic E-state index is 13.0. The van der Waals surface area contributed by atoms with Crippen LogP contribution in [0.25, 0.3) is 5.76 Å². The van der Waals surface area contributed by atoms with E-state index < -0.39 is 29.5 Å². The van der Waals surface area contributed by atoms with Gasteiger partial charge in [0, 0.05) is 11.3 Å². The second-order valence-electron chi connectivity index (χ2n) is 7.28. The first-order chi connectivity index (χ1) is 15.2. The lowest BCUT2D eigenvalue weighted by molar-refractivity contribution is -0.137. The highest BCUT2D eigenvalue weighted by atomic mass is 19.4.